The van der Waals surface area contributed by atoms with Crippen molar-refractivity contribution in [3.05, 3.63) is 82.8 Å². The maximum Gasteiger partial charge on any atom is 0.339 e. The third kappa shape index (κ3) is 3.64. The average Bonchev–Trinajstić information content (AvgIpc) is 3.26. The number of pyridine rings is 2. The minimum absolute atomic E-state index is 0.212. The van der Waals surface area contributed by atoms with E-state index in [9.17, 15) is 4.79 Å². The zero-order valence-electron chi connectivity index (χ0n) is 15.7. The molecule has 7 nitrogen and oxygen atoms in total. The zero-order chi connectivity index (χ0) is 20.4. The van der Waals surface area contributed by atoms with E-state index in [-0.39, 0.29) is 10.6 Å². The van der Waals surface area contributed by atoms with Crippen LogP contribution in [-0.2, 0) is 4.74 Å². The van der Waals surface area contributed by atoms with Crippen molar-refractivity contribution in [1.82, 2.24) is 19.9 Å². The minimum Gasteiger partial charge on any atom is -0.477 e. The molecule has 3 aromatic heterocycles. The molecule has 146 valence electrons. The molecule has 1 aromatic carbocycles. The molecule has 29 heavy (non-hydrogen) atoms. The summed E-state index contributed by atoms with van der Waals surface area (Å²) in [5.74, 6) is -0.00972. The molecule has 0 saturated heterocycles. The predicted octanol–water partition coefficient (Wildman–Crippen LogP) is 4.27. The second-order valence-corrected chi connectivity index (χ2v) is 6.77. The second-order valence-electron chi connectivity index (χ2n) is 6.36. The van der Waals surface area contributed by atoms with Crippen molar-refractivity contribution >= 4 is 28.5 Å². The molecule has 1 unspecified atom stereocenters. The van der Waals surface area contributed by atoms with Crippen LogP contribution in [0.5, 0.6) is 5.75 Å². The number of aromatic nitrogens is 4. The standard InChI is InChI=1S/C21H17ClN4O3/c1-12-6-7-13-4-3-5-17(19(13)26-12)29-20(16-10-24-11-25-16)18-14(21(27)28-2)8-23-9-15(18)22/h3-11,20H,1-2H3,(H,24,25). The summed E-state index contributed by atoms with van der Waals surface area (Å²) in [6.07, 6.45) is 5.26. The smallest absolute Gasteiger partial charge is 0.339 e. The van der Waals surface area contributed by atoms with Crippen molar-refractivity contribution in [2.75, 3.05) is 7.11 Å². The lowest BCUT2D eigenvalue weighted by atomic mass is 10.0. The number of halogens is 1. The molecule has 0 saturated carbocycles. The van der Waals surface area contributed by atoms with Gasteiger partial charge in [0.2, 0.25) is 0 Å². The Bertz CT molecular complexity index is 1180. The molecule has 8 heteroatoms. The van der Waals surface area contributed by atoms with Crippen LogP contribution >= 0.6 is 11.6 Å². The van der Waals surface area contributed by atoms with Crippen LogP contribution in [0.3, 0.4) is 0 Å². The van der Waals surface area contributed by atoms with Gasteiger partial charge in [-0.15, -0.1) is 0 Å². The van der Waals surface area contributed by atoms with Crippen LogP contribution in [0.15, 0.2) is 55.2 Å². The lowest BCUT2D eigenvalue weighted by Crippen LogP contribution is -2.17. The molecular formula is C21H17ClN4O3. The first-order valence-electron chi connectivity index (χ1n) is 8.81. The number of esters is 1. The van der Waals surface area contributed by atoms with Gasteiger partial charge in [-0.1, -0.05) is 29.8 Å². The van der Waals surface area contributed by atoms with Gasteiger partial charge in [0.25, 0.3) is 0 Å². The molecule has 1 N–H and O–H groups in total. The fourth-order valence-electron chi connectivity index (χ4n) is 3.11. The Morgan fingerprint density at radius 2 is 2.00 bits per heavy atom. The van der Waals surface area contributed by atoms with Crippen LogP contribution < -0.4 is 4.74 Å². The van der Waals surface area contributed by atoms with E-state index < -0.39 is 12.1 Å². The van der Waals surface area contributed by atoms with Crippen molar-refractivity contribution in [3.8, 4) is 5.75 Å². The second kappa shape index (κ2) is 7.89. The van der Waals surface area contributed by atoms with Crippen molar-refractivity contribution in [2.45, 2.75) is 13.0 Å². The van der Waals surface area contributed by atoms with Crippen LogP contribution in [0.2, 0.25) is 5.02 Å². The maximum atomic E-state index is 12.4. The molecule has 0 spiro atoms. The first-order valence-corrected chi connectivity index (χ1v) is 9.19. The number of H-pyrrole nitrogens is 1. The van der Waals surface area contributed by atoms with Gasteiger partial charge in [0.15, 0.2) is 6.10 Å². The minimum atomic E-state index is -0.755. The predicted molar refractivity (Wildman–Crippen MR) is 108 cm³/mol. The highest BCUT2D eigenvalue weighted by Gasteiger charge is 2.28. The maximum absolute atomic E-state index is 12.4. The van der Waals surface area contributed by atoms with Crippen LogP contribution in [0.1, 0.15) is 33.4 Å². The van der Waals surface area contributed by atoms with E-state index in [0.717, 1.165) is 11.1 Å². The summed E-state index contributed by atoms with van der Waals surface area (Å²) in [6, 6.07) is 9.58. The number of aromatic amines is 1. The molecule has 3 heterocycles. The number of hydrogen-bond acceptors (Lipinski definition) is 6. The number of aryl methyl sites for hydroxylation is 1. The lowest BCUT2D eigenvalue weighted by molar-refractivity contribution is 0.0596. The number of rotatable bonds is 5. The molecule has 0 aliphatic heterocycles. The van der Waals surface area contributed by atoms with E-state index in [2.05, 4.69) is 19.9 Å². The van der Waals surface area contributed by atoms with Gasteiger partial charge in [-0.25, -0.2) is 14.8 Å². The van der Waals surface area contributed by atoms with E-state index in [1.54, 1.807) is 6.20 Å². The quantitative estimate of drug-likeness (QED) is 0.496. The Morgan fingerprint density at radius 3 is 2.76 bits per heavy atom. The van der Waals surface area contributed by atoms with Crippen LogP contribution in [0.25, 0.3) is 10.9 Å². The monoisotopic (exact) mass is 408 g/mol. The Balaban J connectivity index is 1.89. The van der Waals surface area contributed by atoms with Gasteiger partial charge in [-0.3, -0.25) is 4.98 Å². The summed E-state index contributed by atoms with van der Waals surface area (Å²) in [5, 5.41) is 1.21. The highest BCUT2D eigenvalue weighted by molar-refractivity contribution is 6.31. The van der Waals surface area contributed by atoms with Crippen molar-refractivity contribution in [3.63, 3.8) is 0 Å². The molecule has 1 atom stereocenters. The molecule has 4 aromatic rings. The number of hydrogen-bond donors (Lipinski definition) is 1. The molecule has 0 radical (unpaired) electrons. The Kier molecular flexibility index (Phi) is 5.14. The van der Waals surface area contributed by atoms with E-state index in [0.29, 0.717) is 22.5 Å². The van der Waals surface area contributed by atoms with E-state index in [1.807, 2.05) is 37.3 Å². The van der Waals surface area contributed by atoms with Crippen molar-refractivity contribution < 1.29 is 14.3 Å². The van der Waals surface area contributed by atoms with Gasteiger partial charge in [-0.2, -0.15) is 0 Å². The Morgan fingerprint density at radius 1 is 1.14 bits per heavy atom. The van der Waals surface area contributed by atoms with Gasteiger partial charge in [0.05, 0.1) is 35.9 Å². The van der Waals surface area contributed by atoms with Gasteiger partial charge < -0.3 is 14.5 Å². The molecular weight excluding hydrogens is 392 g/mol. The number of para-hydroxylation sites is 1. The average molecular weight is 409 g/mol. The first-order chi connectivity index (χ1) is 14.1. The number of carbonyl (C=O) groups is 1. The van der Waals surface area contributed by atoms with Gasteiger partial charge in [-0.05, 0) is 19.1 Å². The first kappa shape index (κ1) is 18.9. The number of carbonyl (C=O) groups excluding carboxylic acids is 1. The number of nitrogens with one attached hydrogen (secondary N) is 1. The van der Waals surface area contributed by atoms with Crippen LogP contribution in [0, 0.1) is 6.92 Å². The highest BCUT2D eigenvalue weighted by Crippen LogP contribution is 2.36. The third-order valence-electron chi connectivity index (χ3n) is 4.48. The third-order valence-corrected chi connectivity index (χ3v) is 4.78. The van der Waals surface area contributed by atoms with Gasteiger partial charge in [0.1, 0.15) is 11.3 Å². The molecule has 0 fully saturated rings. The SMILES string of the molecule is COC(=O)c1cncc(Cl)c1C(Oc1cccc2ccc(C)nc12)c1cnc[nH]1. The van der Waals surface area contributed by atoms with Crippen molar-refractivity contribution in [1.29, 1.82) is 0 Å². The van der Waals surface area contributed by atoms with Crippen LogP contribution in [0.4, 0.5) is 0 Å². The number of methoxy groups -OCH3 is 1. The number of fused-ring (bicyclic) bond motifs is 1. The number of benzene rings is 1. The fraction of sp³-hybridized carbons (Fsp3) is 0.143. The summed E-state index contributed by atoms with van der Waals surface area (Å²) in [4.78, 5) is 28.1. The summed E-state index contributed by atoms with van der Waals surface area (Å²) in [7, 11) is 1.30. The normalized spacial score (nSPS) is 12.0. The lowest BCUT2D eigenvalue weighted by Gasteiger charge is -2.22. The Hall–Kier alpha value is -3.45. The highest BCUT2D eigenvalue weighted by atomic mass is 35.5. The largest absolute Gasteiger partial charge is 0.477 e. The Labute approximate surface area is 171 Å². The number of ether oxygens (including phenoxy) is 2. The van der Waals surface area contributed by atoms with Crippen molar-refractivity contribution in [2.24, 2.45) is 0 Å². The van der Waals surface area contributed by atoms with Crippen LogP contribution in [-0.4, -0.2) is 33.0 Å². The fourth-order valence-corrected chi connectivity index (χ4v) is 3.37. The molecule has 0 bridgehead atoms. The molecule has 0 aliphatic rings. The van der Waals surface area contributed by atoms with E-state index in [4.69, 9.17) is 21.1 Å². The summed E-state index contributed by atoms with van der Waals surface area (Å²) in [5.41, 5.74) is 2.84. The number of imidazole rings is 1. The van der Waals surface area contributed by atoms with E-state index in [1.165, 1.54) is 25.8 Å². The van der Waals surface area contributed by atoms with Gasteiger partial charge >= 0.3 is 5.97 Å². The molecule has 4 rings (SSSR count). The number of nitrogens with zero attached hydrogens (tertiary/aromatic N) is 3. The van der Waals surface area contributed by atoms with E-state index >= 15 is 0 Å². The summed E-state index contributed by atoms with van der Waals surface area (Å²) < 4.78 is 11.3. The topological polar surface area (TPSA) is 90.0 Å². The van der Waals surface area contributed by atoms with Gasteiger partial charge in [0, 0.05) is 29.0 Å². The molecule has 0 amide bonds. The summed E-state index contributed by atoms with van der Waals surface area (Å²) >= 11 is 6.45. The zero-order valence-corrected chi connectivity index (χ0v) is 16.5. The molecule has 0 aliphatic carbocycles. The summed E-state index contributed by atoms with van der Waals surface area (Å²) in [6.45, 7) is 1.91.